The van der Waals surface area contributed by atoms with Gasteiger partial charge in [0.25, 0.3) is 0 Å². The molecule has 0 aromatic heterocycles. The van der Waals surface area contributed by atoms with Crippen LogP contribution in [-0.2, 0) is 0 Å². The minimum absolute atomic E-state index is 0.347. The van der Waals surface area contributed by atoms with Crippen LogP contribution in [0.5, 0.6) is 0 Å². The van der Waals surface area contributed by atoms with Gasteiger partial charge in [-0.05, 0) is 25.5 Å². The molecule has 0 aromatic rings. The minimum Gasteiger partial charge on any atom is -0.327 e. The largest absolute Gasteiger partial charge is 0.327 e. The van der Waals surface area contributed by atoms with Gasteiger partial charge < -0.3 is 5.73 Å². The maximum absolute atomic E-state index is 6.08. The maximum Gasteiger partial charge on any atom is 0.0652 e. The van der Waals surface area contributed by atoms with Gasteiger partial charge in [0.2, 0.25) is 0 Å². The zero-order valence-electron chi connectivity index (χ0n) is 6.40. The summed E-state index contributed by atoms with van der Waals surface area (Å²) >= 11 is 11.9. The van der Waals surface area contributed by atoms with Crippen LogP contribution in [0.3, 0.4) is 0 Å². The first-order chi connectivity index (χ1) is 5.03. The third-order valence-electron chi connectivity index (χ3n) is 1.62. The topological polar surface area (TPSA) is 26.0 Å². The third-order valence-corrected chi connectivity index (χ3v) is 2.08. The number of hydrogen-bond acceptors (Lipinski definition) is 1. The first-order valence-corrected chi connectivity index (χ1v) is 4.26. The van der Waals surface area contributed by atoms with E-state index in [1.165, 1.54) is 0 Å². The first kappa shape index (κ1) is 9.11. The van der Waals surface area contributed by atoms with Gasteiger partial charge >= 0.3 is 0 Å². The summed E-state index contributed by atoms with van der Waals surface area (Å²) in [7, 11) is 0. The Labute approximate surface area is 76.9 Å². The SMILES string of the molecule is CC1(Cl)C=C(Cl)C=C(CN)C1. The van der Waals surface area contributed by atoms with Crippen LogP contribution in [0.1, 0.15) is 13.3 Å². The smallest absolute Gasteiger partial charge is 0.0652 e. The lowest BCUT2D eigenvalue weighted by Gasteiger charge is -2.23. The van der Waals surface area contributed by atoms with Crippen molar-refractivity contribution in [1.82, 2.24) is 0 Å². The van der Waals surface area contributed by atoms with Crippen LogP contribution in [0, 0.1) is 0 Å². The van der Waals surface area contributed by atoms with Gasteiger partial charge in [-0.1, -0.05) is 17.2 Å². The molecular formula is C8H11Cl2N. The molecule has 1 rings (SSSR count). The third kappa shape index (κ3) is 2.51. The van der Waals surface area contributed by atoms with Gasteiger partial charge in [0, 0.05) is 11.6 Å². The molecule has 0 heterocycles. The molecule has 1 aliphatic carbocycles. The number of halogens is 2. The Bertz CT molecular complexity index is 216. The Morgan fingerprint density at radius 1 is 1.73 bits per heavy atom. The lowest BCUT2D eigenvalue weighted by atomic mass is 9.95. The van der Waals surface area contributed by atoms with E-state index < -0.39 is 0 Å². The van der Waals surface area contributed by atoms with Crippen LogP contribution >= 0.6 is 23.2 Å². The second-order valence-electron chi connectivity index (χ2n) is 2.99. The summed E-state index contributed by atoms with van der Waals surface area (Å²) in [6.07, 6.45) is 4.52. The standard InChI is InChI=1S/C8H11Cl2N/c1-8(10)3-6(5-11)2-7(9)4-8/h2,4H,3,5,11H2,1H3. The molecule has 0 aromatic carbocycles. The molecule has 0 fully saturated rings. The zero-order valence-corrected chi connectivity index (χ0v) is 7.91. The quantitative estimate of drug-likeness (QED) is 0.634. The van der Waals surface area contributed by atoms with Crippen LogP contribution in [0.4, 0.5) is 0 Å². The lowest BCUT2D eigenvalue weighted by molar-refractivity contribution is 0.735. The van der Waals surface area contributed by atoms with E-state index in [0.717, 1.165) is 12.0 Å². The van der Waals surface area contributed by atoms with Gasteiger partial charge in [-0.2, -0.15) is 0 Å². The average Bonchev–Trinajstić information content (AvgIpc) is 1.83. The molecule has 1 atom stereocenters. The molecule has 0 spiro atoms. The molecule has 62 valence electrons. The maximum atomic E-state index is 6.08. The molecule has 0 amide bonds. The molecule has 1 aliphatic rings. The summed E-state index contributed by atoms with van der Waals surface area (Å²) in [5.74, 6) is 0. The van der Waals surface area contributed by atoms with Gasteiger partial charge in [0.05, 0.1) is 4.87 Å². The minimum atomic E-state index is -0.347. The number of nitrogens with two attached hydrogens (primary N) is 1. The highest BCUT2D eigenvalue weighted by Gasteiger charge is 2.22. The van der Waals surface area contributed by atoms with Gasteiger partial charge in [0.1, 0.15) is 0 Å². The van der Waals surface area contributed by atoms with Crippen molar-refractivity contribution < 1.29 is 0 Å². The predicted octanol–water partition coefficient (Wildman–Crippen LogP) is 2.40. The second-order valence-corrected chi connectivity index (χ2v) is 4.29. The Morgan fingerprint density at radius 3 is 2.82 bits per heavy atom. The fourth-order valence-corrected chi connectivity index (χ4v) is 1.94. The van der Waals surface area contributed by atoms with Crippen molar-refractivity contribution in [3.63, 3.8) is 0 Å². The van der Waals surface area contributed by atoms with Crippen molar-refractivity contribution in [3.05, 3.63) is 22.8 Å². The monoisotopic (exact) mass is 191 g/mol. The van der Waals surface area contributed by atoms with Crippen molar-refractivity contribution in [2.24, 2.45) is 5.73 Å². The van der Waals surface area contributed by atoms with Gasteiger partial charge in [-0.3, -0.25) is 0 Å². The van der Waals surface area contributed by atoms with Gasteiger partial charge in [-0.15, -0.1) is 11.6 Å². The number of alkyl halides is 1. The van der Waals surface area contributed by atoms with Crippen LogP contribution in [0.15, 0.2) is 22.8 Å². The Kier molecular flexibility index (Phi) is 2.63. The van der Waals surface area contributed by atoms with E-state index in [-0.39, 0.29) is 4.87 Å². The molecule has 3 heteroatoms. The molecule has 2 N–H and O–H groups in total. The molecule has 0 saturated heterocycles. The van der Waals surface area contributed by atoms with E-state index in [9.17, 15) is 0 Å². The fraction of sp³-hybridized carbons (Fsp3) is 0.500. The van der Waals surface area contributed by atoms with Crippen molar-refractivity contribution in [2.75, 3.05) is 6.54 Å². The molecule has 11 heavy (non-hydrogen) atoms. The first-order valence-electron chi connectivity index (χ1n) is 3.50. The summed E-state index contributed by atoms with van der Waals surface area (Å²) in [5, 5.41) is 0.689. The van der Waals surface area contributed by atoms with E-state index in [4.69, 9.17) is 28.9 Å². The van der Waals surface area contributed by atoms with Crippen LogP contribution < -0.4 is 5.73 Å². The molecular weight excluding hydrogens is 181 g/mol. The second kappa shape index (κ2) is 3.18. The Morgan fingerprint density at radius 2 is 2.36 bits per heavy atom. The van der Waals surface area contributed by atoms with Crippen LogP contribution in [-0.4, -0.2) is 11.4 Å². The highest BCUT2D eigenvalue weighted by Crippen LogP contribution is 2.32. The summed E-state index contributed by atoms with van der Waals surface area (Å²) in [5.41, 5.74) is 6.58. The van der Waals surface area contributed by atoms with Gasteiger partial charge in [-0.25, -0.2) is 0 Å². The van der Waals surface area contributed by atoms with Crippen molar-refractivity contribution in [2.45, 2.75) is 18.2 Å². The summed E-state index contributed by atoms with van der Waals surface area (Å²) in [6.45, 7) is 2.46. The van der Waals surface area contributed by atoms with E-state index in [2.05, 4.69) is 0 Å². The predicted molar refractivity (Wildman–Crippen MR) is 49.9 cm³/mol. The van der Waals surface area contributed by atoms with Crippen molar-refractivity contribution in [1.29, 1.82) is 0 Å². The highest BCUT2D eigenvalue weighted by atomic mass is 35.5. The molecule has 0 radical (unpaired) electrons. The molecule has 1 nitrogen and oxygen atoms in total. The summed E-state index contributed by atoms with van der Waals surface area (Å²) in [6, 6.07) is 0. The lowest BCUT2D eigenvalue weighted by Crippen LogP contribution is -2.20. The molecule has 0 bridgehead atoms. The summed E-state index contributed by atoms with van der Waals surface area (Å²) in [4.78, 5) is -0.347. The summed E-state index contributed by atoms with van der Waals surface area (Å²) < 4.78 is 0. The van der Waals surface area contributed by atoms with E-state index in [1.54, 1.807) is 0 Å². The normalized spacial score (nSPS) is 31.3. The van der Waals surface area contributed by atoms with Crippen LogP contribution in [0.2, 0.25) is 0 Å². The number of hydrogen-bond donors (Lipinski definition) is 1. The Balaban J connectivity index is 2.84. The van der Waals surface area contributed by atoms with E-state index >= 15 is 0 Å². The van der Waals surface area contributed by atoms with Gasteiger partial charge in [0.15, 0.2) is 0 Å². The van der Waals surface area contributed by atoms with E-state index in [1.807, 2.05) is 19.1 Å². The average molecular weight is 192 g/mol. The molecule has 1 unspecified atom stereocenters. The zero-order chi connectivity index (χ0) is 8.48. The van der Waals surface area contributed by atoms with Crippen molar-refractivity contribution in [3.8, 4) is 0 Å². The van der Waals surface area contributed by atoms with Crippen LogP contribution in [0.25, 0.3) is 0 Å². The fourth-order valence-electron chi connectivity index (χ4n) is 1.20. The Hall–Kier alpha value is 0.0200. The van der Waals surface area contributed by atoms with Crippen molar-refractivity contribution >= 4 is 23.2 Å². The number of allylic oxidation sites excluding steroid dienone is 3. The highest BCUT2D eigenvalue weighted by molar-refractivity contribution is 6.33. The van der Waals surface area contributed by atoms with E-state index in [0.29, 0.717) is 11.6 Å². The number of rotatable bonds is 1. The molecule has 0 aliphatic heterocycles. The molecule has 0 saturated carbocycles.